The predicted octanol–water partition coefficient (Wildman–Crippen LogP) is 3.04. The quantitative estimate of drug-likeness (QED) is 0.755. The topological polar surface area (TPSA) is 15.3 Å². The number of nitrogens with one attached hydrogen (secondary N) is 1. The van der Waals surface area contributed by atoms with Crippen molar-refractivity contribution >= 4 is 12.6 Å². The van der Waals surface area contributed by atoms with Crippen molar-refractivity contribution in [3.63, 3.8) is 0 Å². The van der Waals surface area contributed by atoms with Crippen molar-refractivity contribution in [2.45, 2.75) is 52.7 Å². The molecule has 0 aliphatic carbocycles. The zero-order valence-electron chi connectivity index (χ0n) is 12.6. The van der Waals surface area contributed by atoms with Crippen LogP contribution in [0, 0.1) is 5.41 Å². The van der Waals surface area contributed by atoms with E-state index >= 15 is 0 Å². The lowest BCUT2D eigenvalue weighted by Gasteiger charge is -2.38. The van der Waals surface area contributed by atoms with Gasteiger partial charge in [-0.25, -0.2) is 0 Å². The number of hydrogen-bond acceptors (Lipinski definition) is 3. The summed E-state index contributed by atoms with van der Waals surface area (Å²) in [6.07, 6.45) is 1.16. The molecule has 0 radical (unpaired) electrons. The van der Waals surface area contributed by atoms with Crippen molar-refractivity contribution in [1.82, 2.24) is 10.2 Å². The van der Waals surface area contributed by atoms with Gasteiger partial charge in [0, 0.05) is 37.5 Å². The summed E-state index contributed by atoms with van der Waals surface area (Å²) in [5.41, 5.74) is 0.364. The first-order chi connectivity index (χ1) is 7.79. The summed E-state index contributed by atoms with van der Waals surface area (Å²) in [4.78, 5) is 2.57. The van der Waals surface area contributed by atoms with Gasteiger partial charge in [0.05, 0.1) is 0 Å². The Morgan fingerprint density at radius 2 is 1.53 bits per heavy atom. The number of rotatable bonds is 4. The summed E-state index contributed by atoms with van der Waals surface area (Å²) in [6, 6.07) is 0. The Balaban J connectivity index is 0.00000121. The maximum absolute atomic E-state index is 4.64. The second kappa shape index (κ2) is 7.65. The van der Waals surface area contributed by atoms with Gasteiger partial charge in [0.1, 0.15) is 0 Å². The molecule has 0 saturated carbocycles. The largest absolute Gasteiger partial charge is 0.314 e. The summed E-state index contributed by atoms with van der Waals surface area (Å²) in [5.74, 6) is 0. The molecule has 1 N–H and O–H groups in total. The first-order valence-corrected chi connectivity index (χ1v) is 7.39. The van der Waals surface area contributed by atoms with Crippen molar-refractivity contribution in [2.75, 3.05) is 32.7 Å². The molecular formula is C14H32N2S. The van der Waals surface area contributed by atoms with E-state index < -0.39 is 0 Å². The predicted molar refractivity (Wildman–Crippen MR) is 82.1 cm³/mol. The van der Waals surface area contributed by atoms with E-state index in [4.69, 9.17) is 0 Å². The minimum absolute atomic E-state index is 0.136. The average Bonchev–Trinajstić information content (AvgIpc) is 2.17. The molecular weight excluding hydrogens is 228 g/mol. The van der Waals surface area contributed by atoms with Crippen LogP contribution in [0.1, 0.15) is 48.0 Å². The smallest absolute Gasteiger partial charge is 0.0108 e. The lowest BCUT2D eigenvalue weighted by atomic mass is 9.83. The van der Waals surface area contributed by atoms with Gasteiger partial charge in [0.15, 0.2) is 0 Å². The Bertz CT molecular complexity index is 191. The van der Waals surface area contributed by atoms with Crippen molar-refractivity contribution in [1.29, 1.82) is 0 Å². The maximum Gasteiger partial charge on any atom is 0.0108 e. The van der Waals surface area contributed by atoms with Crippen molar-refractivity contribution in [3.8, 4) is 0 Å². The lowest BCUT2D eigenvalue weighted by molar-refractivity contribution is 0.146. The molecule has 1 rings (SSSR count). The Morgan fingerprint density at radius 1 is 1.06 bits per heavy atom. The molecule has 2 nitrogen and oxygen atoms in total. The average molecular weight is 260 g/mol. The molecule has 0 amide bonds. The molecule has 1 aliphatic heterocycles. The lowest BCUT2D eigenvalue weighted by Crippen LogP contribution is -2.47. The summed E-state index contributed by atoms with van der Waals surface area (Å²) in [6.45, 7) is 19.0. The summed E-state index contributed by atoms with van der Waals surface area (Å²) in [5, 5.41) is 3.39. The van der Waals surface area contributed by atoms with Crippen LogP contribution in [0.15, 0.2) is 0 Å². The third-order valence-corrected chi connectivity index (χ3v) is 2.93. The van der Waals surface area contributed by atoms with Gasteiger partial charge in [-0.2, -0.15) is 12.6 Å². The van der Waals surface area contributed by atoms with E-state index in [1.165, 1.54) is 19.6 Å². The van der Waals surface area contributed by atoms with E-state index in [-0.39, 0.29) is 4.75 Å². The molecule has 1 fully saturated rings. The zero-order valence-corrected chi connectivity index (χ0v) is 13.5. The Hall–Kier alpha value is 0.270. The molecule has 0 unspecified atom stereocenters. The van der Waals surface area contributed by atoms with Crippen molar-refractivity contribution < 1.29 is 0 Å². The molecule has 0 bridgehead atoms. The Kier molecular flexibility index (Phi) is 7.77. The molecule has 0 aromatic heterocycles. The standard InChI is InChI=1S/C12H26N2S.C2H6/c1-11(2,9-12(3,4)15)10-14-7-5-13-6-8-14;1-2/h13,15H,5-10H2,1-4H3;1-2H3. The van der Waals surface area contributed by atoms with E-state index in [9.17, 15) is 0 Å². The van der Waals surface area contributed by atoms with Crippen LogP contribution in [-0.2, 0) is 0 Å². The fourth-order valence-corrected chi connectivity index (χ4v) is 3.13. The van der Waals surface area contributed by atoms with Gasteiger partial charge in [-0.15, -0.1) is 0 Å². The molecule has 0 atom stereocenters. The molecule has 104 valence electrons. The Morgan fingerprint density at radius 3 is 1.94 bits per heavy atom. The number of hydrogen-bond donors (Lipinski definition) is 2. The normalized spacial score (nSPS) is 18.5. The summed E-state index contributed by atoms with van der Waals surface area (Å²) < 4.78 is 0.136. The van der Waals surface area contributed by atoms with Crippen LogP contribution in [0.2, 0.25) is 0 Å². The molecule has 1 saturated heterocycles. The maximum atomic E-state index is 4.64. The van der Waals surface area contributed by atoms with Crippen LogP contribution in [0.25, 0.3) is 0 Å². The second-order valence-corrected chi connectivity index (χ2v) is 7.39. The van der Waals surface area contributed by atoms with Gasteiger partial charge in [-0.1, -0.05) is 41.5 Å². The van der Waals surface area contributed by atoms with Crippen LogP contribution in [0.5, 0.6) is 0 Å². The highest BCUT2D eigenvalue weighted by Crippen LogP contribution is 2.32. The second-order valence-electron chi connectivity index (χ2n) is 6.18. The van der Waals surface area contributed by atoms with Crippen LogP contribution >= 0.6 is 12.6 Å². The van der Waals surface area contributed by atoms with E-state index in [1.54, 1.807) is 0 Å². The van der Waals surface area contributed by atoms with Gasteiger partial charge >= 0.3 is 0 Å². The van der Waals surface area contributed by atoms with Crippen molar-refractivity contribution in [3.05, 3.63) is 0 Å². The van der Waals surface area contributed by atoms with E-state index in [1.807, 2.05) is 13.8 Å². The molecule has 3 heteroatoms. The van der Waals surface area contributed by atoms with Crippen LogP contribution in [-0.4, -0.2) is 42.4 Å². The fraction of sp³-hybridized carbons (Fsp3) is 1.00. The summed E-state index contributed by atoms with van der Waals surface area (Å²) >= 11 is 4.64. The molecule has 0 spiro atoms. The van der Waals surface area contributed by atoms with Gasteiger partial charge in [0.25, 0.3) is 0 Å². The third-order valence-electron chi connectivity index (χ3n) is 2.77. The molecule has 1 heterocycles. The van der Waals surface area contributed by atoms with E-state index in [0.717, 1.165) is 19.5 Å². The van der Waals surface area contributed by atoms with Gasteiger partial charge in [-0.3, -0.25) is 0 Å². The monoisotopic (exact) mass is 260 g/mol. The molecule has 0 aromatic rings. The van der Waals surface area contributed by atoms with Crippen molar-refractivity contribution in [2.24, 2.45) is 5.41 Å². The fourth-order valence-electron chi connectivity index (χ4n) is 2.70. The molecule has 17 heavy (non-hydrogen) atoms. The van der Waals surface area contributed by atoms with Gasteiger partial charge < -0.3 is 10.2 Å². The van der Waals surface area contributed by atoms with E-state index in [2.05, 4.69) is 50.5 Å². The number of thiol groups is 1. The molecule has 1 aliphatic rings. The Labute approximate surface area is 114 Å². The van der Waals surface area contributed by atoms with Gasteiger partial charge in [-0.05, 0) is 11.8 Å². The highest BCUT2D eigenvalue weighted by atomic mass is 32.1. The highest BCUT2D eigenvalue weighted by molar-refractivity contribution is 7.81. The number of piperazine rings is 1. The summed E-state index contributed by atoms with van der Waals surface area (Å²) in [7, 11) is 0. The SMILES string of the molecule is CC.CC(C)(S)CC(C)(C)CN1CCNCC1. The van der Waals surface area contributed by atoms with Crippen LogP contribution < -0.4 is 5.32 Å². The molecule has 0 aromatic carbocycles. The highest BCUT2D eigenvalue weighted by Gasteiger charge is 2.28. The first kappa shape index (κ1) is 17.3. The van der Waals surface area contributed by atoms with Crippen LogP contribution in [0.3, 0.4) is 0 Å². The van der Waals surface area contributed by atoms with E-state index in [0.29, 0.717) is 5.41 Å². The first-order valence-electron chi connectivity index (χ1n) is 6.94. The zero-order chi connectivity index (χ0) is 13.5. The minimum Gasteiger partial charge on any atom is -0.314 e. The minimum atomic E-state index is 0.136. The number of nitrogens with zero attached hydrogens (tertiary/aromatic N) is 1. The van der Waals surface area contributed by atoms with Crippen LogP contribution in [0.4, 0.5) is 0 Å². The third kappa shape index (κ3) is 8.92. The van der Waals surface area contributed by atoms with Gasteiger partial charge in [0.2, 0.25) is 0 Å².